The lowest BCUT2D eigenvalue weighted by atomic mass is 9.80. The lowest BCUT2D eigenvalue weighted by molar-refractivity contribution is 0.00578. The first kappa shape index (κ1) is 9.53. The molecule has 0 amide bonds. The lowest BCUT2D eigenvalue weighted by Crippen LogP contribution is -2.41. The average molecular weight is 273 g/mol. The van der Waals surface area contributed by atoms with Gasteiger partial charge < -0.3 is 9.31 Å². The zero-order valence-electron chi connectivity index (χ0n) is 16.2. The third-order valence-corrected chi connectivity index (χ3v) is 4.24. The summed E-state index contributed by atoms with van der Waals surface area (Å²) in [5.41, 5.74) is -0.669. The maximum absolute atomic E-state index is 8.13. The molecule has 0 spiro atoms. The van der Waals surface area contributed by atoms with Gasteiger partial charge in [0.25, 0.3) is 0 Å². The Bertz CT molecular complexity index is 788. The Kier molecular flexibility index (Phi) is 2.05. The molecular weight excluding hydrogens is 249 g/mol. The van der Waals surface area contributed by atoms with E-state index in [4.69, 9.17) is 14.8 Å². The van der Waals surface area contributed by atoms with Gasteiger partial charge >= 0.3 is 7.12 Å². The molecule has 1 saturated heterocycles. The van der Waals surface area contributed by atoms with Crippen molar-refractivity contribution in [3.8, 4) is 0 Å². The van der Waals surface area contributed by atoms with E-state index in [0.717, 1.165) is 0 Å². The Morgan fingerprint density at radius 2 is 1.70 bits per heavy atom. The summed E-state index contributed by atoms with van der Waals surface area (Å²) in [4.78, 5) is 4.24. The Balaban J connectivity index is 2.22. The van der Waals surface area contributed by atoms with Crippen molar-refractivity contribution in [3.05, 3.63) is 36.0 Å². The molecule has 104 valence electrons. The Hall–Kier alpha value is -1.39. The van der Waals surface area contributed by atoms with Crippen molar-refractivity contribution < 1.29 is 14.8 Å². The largest absolute Gasteiger partial charge is 0.515 e. The second kappa shape index (κ2) is 4.30. The van der Waals surface area contributed by atoms with Crippen LogP contribution in [0.25, 0.3) is 10.8 Å². The van der Waals surface area contributed by atoms with Crippen molar-refractivity contribution in [3.63, 3.8) is 0 Å². The molecule has 1 aliphatic rings. The first-order valence-corrected chi connectivity index (χ1v) is 6.69. The van der Waals surface area contributed by atoms with Gasteiger partial charge in [-0.05, 0) is 45.5 Å². The van der Waals surface area contributed by atoms with E-state index >= 15 is 0 Å². The smallest absolute Gasteiger partial charge is 0.398 e. The van der Waals surface area contributed by atoms with Gasteiger partial charge in [-0.25, -0.2) is 0 Å². The summed E-state index contributed by atoms with van der Waals surface area (Å²) in [6.07, 6.45) is -0.265. The summed E-state index contributed by atoms with van der Waals surface area (Å²) in [6, 6.07) is 7.06. The molecule has 4 heteroatoms. The van der Waals surface area contributed by atoms with Crippen molar-refractivity contribution in [2.75, 3.05) is 0 Å². The topological polar surface area (TPSA) is 31.4 Å². The number of aryl methyl sites for hydroxylation is 1. The van der Waals surface area contributed by atoms with Gasteiger partial charge in [0.05, 0.1) is 18.2 Å². The molecule has 1 fully saturated rings. The molecule has 0 unspecified atom stereocenters. The quantitative estimate of drug-likeness (QED) is 0.749. The van der Waals surface area contributed by atoms with Gasteiger partial charge in [-0.3, -0.25) is 4.98 Å². The molecule has 20 heavy (non-hydrogen) atoms. The number of hydrogen-bond donors (Lipinski definition) is 0. The summed E-state index contributed by atoms with van der Waals surface area (Å²) >= 11 is 0. The maximum Gasteiger partial charge on any atom is 0.515 e. The highest BCUT2D eigenvalue weighted by Gasteiger charge is 2.52. The van der Waals surface area contributed by atoms with Crippen molar-refractivity contribution >= 4 is 23.5 Å². The summed E-state index contributed by atoms with van der Waals surface area (Å²) < 4.78 is 43.3. The number of aromatic nitrogens is 1. The van der Waals surface area contributed by atoms with Crippen LogP contribution in [0.2, 0.25) is 0 Å². The number of rotatable bonds is 1. The third kappa shape index (κ3) is 1.95. The van der Waals surface area contributed by atoms with Crippen LogP contribution in [0.4, 0.5) is 0 Å². The first-order chi connectivity index (χ1) is 10.9. The van der Waals surface area contributed by atoms with E-state index in [-0.39, 0.29) is 11.7 Å². The Morgan fingerprint density at radius 3 is 2.30 bits per heavy atom. The molecule has 0 bridgehead atoms. The fourth-order valence-corrected chi connectivity index (χ4v) is 2.30. The van der Waals surface area contributed by atoms with Crippen LogP contribution in [0.15, 0.2) is 30.4 Å². The summed E-state index contributed by atoms with van der Waals surface area (Å²) in [6.45, 7) is 5.35. The zero-order valence-corrected chi connectivity index (χ0v) is 12.2. The normalized spacial score (nSPS) is 24.1. The highest BCUT2D eigenvalue weighted by molar-refractivity contribution is 6.64. The Morgan fingerprint density at radius 1 is 1.10 bits per heavy atom. The third-order valence-electron chi connectivity index (χ3n) is 4.24. The van der Waals surface area contributed by atoms with Gasteiger partial charge in [-0.15, -0.1) is 0 Å². The second-order valence-corrected chi connectivity index (χ2v) is 6.12. The van der Waals surface area contributed by atoms with Crippen LogP contribution in [0.3, 0.4) is 0 Å². The minimum absolute atomic E-state index is 0.0432. The molecule has 0 N–H and O–H groups in total. The number of hydrogen-bond acceptors (Lipinski definition) is 3. The fourth-order valence-electron chi connectivity index (χ4n) is 2.30. The van der Waals surface area contributed by atoms with Gasteiger partial charge in [0, 0.05) is 15.7 Å². The number of nitrogens with zero attached hydrogens (tertiary/aromatic N) is 1. The first-order valence-electron chi connectivity index (χ1n) is 8.69. The minimum atomic E-state index is -2.40. The maximum atomic E-state index is 8.13. The van der Waals surface area contributed by atoms with Crippen LogP contribution in [0.5, 0.6) is 0 Å². The molecule has 3 rings (SSSR count). The molecule has 0 aliphatic carbocycles. The van der Waals surface area contributed by atoms with Gasteiger partial charge in [-0.1, -0.05) is 24.3 Å². The highest BCUT2D eigenvalue weighted by atomic mass is 16.7. The van der Waals surface area contributed by atoms with Gasteiger partial charge in [-0.2, -0.15) is 0 Å². The van der Waals surface area contributed by atoms with Gasteiger partial charge in [0.15, 0.2) is 0 Å². The van der Waals surface area contributed by atoms with E-state index < -0.39 is 25.2 Å². The van der Waals surface area contributed by atoms with E-state index in [1.54, 1.807) is 18.2 Å². The molecule has 1 aromatic carbocycles. The lowest BCUT2D eigenvalue weighted by Gasteiger charge is -2.32. The predicted molar refractivity (Wildman–Crippen MR) is 82.2 cm³/mol. The van der Waals surface area contributed by atoms with E-state index in [0.29, 0.717) is 16.4 Å². The van der Waals surface area contributed by atoms with Crippen LogP contribution in [0.1, 0.15) is 38.7 Å². The van der Waals surface area contributed by atoms with Crippen LogP contribution in [0, 0.1) is 6.85 Å². The fraction of sp³-hybridized carbons (Fsp3) is 0.438. The van der Waals surface area contributed by atoms with Gasteiger partial charge in [0.1, 0.15) is 0 Å². The van der Waals surface area contributed by atoms with Crippen LogP contribution < -0.4 is 5.59 Å². The molecule has 0 atom stereocenters. The standard InChI is InChI=1S/C16H20BNO2/c1-11-10-18-14(13-9-7-6-8-12(11)13)17-19-15(2,3)16(4,5)20-17/h6-10H,1-5H3/i1D3,10D. The van der Waals surface area contributed by atoms with Crippen molar-refractivity contribution in [1.29, 1.82) is 0 Å². The average Bonchev–Trinajstić information content (AvgIpc) is 2.64. The molecule has 0 radical (unpaired) electrons. The molecule has 1 aliphatic heterocycles. The monoisotopic (exact) mass is 273 g/mol. The molecule has 3 nitrogen and oxygen atoms in total. The summed E-state index contributed by atoms with van der Waals surface area (Å²) in [5.74, 6) is 0. The van der Waals surface area contributed by atoms with Gasteiger partial charge in [0.2, 0.25) is 0 Å². The molecule has 2 aromatic rings. The highest BCUT2D eigenvalue weighted by Crippen LogP contribution is 2.36. The van der Waals surface area contributed by atoms with E-state index in [1.165, 1.54) is 0 Å². The SMILES string of the molecule is [2H]c1nc(B2OC(C)(C)C(C)(C)O2)c2ccccc2c1C([2H])([2H])[2H]. The molecule has 1 aromatic heterocycles. The van der Waals surface area contributed by atoms with E-state index in [2.05, 4.69) is 4.98 Å². The minimum Gasteiger partial charge on any atom is -0.398 e. The number of fused-ring (bicyclic) bond motifs is 1. The van der Waals surface area contributed by atoms with Crippen LogP contribution >= 0.6 is 0 Å². The van der Waals surface area contributed by atoms with Crippen LogP contribution in [-0.2, 0) is 9.31 Å². The van der Waals surface area contributed by atoms with Crippen molar-refractivity contribution in [2.24, 2.45) is 0 Å². The summed E-state index contributed by atoms with van der Waals surface area (Å²) in [5, 5.41) is 1.13. The zero-order chi connectivity index (χ0) is 17.9. The summed E-state index contributed by atoms with van der Waals surface area (Å²) in [7, 11) is -0.741. The van der Waals surface area contributed by atoms with Crippen molar-refractivity contribution in [1.82, 2.24) is 4.98 Å². The van der Waals surface area contributed by atoms with Crippen LogP contribution in [-0.4, -0.2) is 23.3 Å². The number of pyridine rings is 1. The second-order valence-electron chi connectivity index (χ2n) is 6.12. The molecule has 0 saturated carbocycles. The van der Waals surface area contributed by atoms with E-state index in [1.807, 2.05) is 33.8 Å². The molecule has 2 heterocycles. The van der Waals surface area contributed by atoms with E-state index in [9.17, 15) is 0 Å². The Labute approximate surface area is 126 Å². The number of benzene rings is 1. The predicted octanol–water partition coefficient (Wildman–Crippen LogP) is 2.84. The van der Waals surface area contributed by atoms with Crippen molar-refractivity contribution in [2.45, 2.75) is 45.7 Å². The molecular formula is C16H20BNO2.